The molecule has 0 unspecified atom stereocenters. The van der Waals surface area contributed by atoms with Crippen molar-refractivity contribution in [2.75, 3.05) is 33.7 Å². The lowest BCUT2D eigenvalue weighted by molar-refractivity contribution is -0.126. The fourth-order valence-electron chi connectivity index (χ4n) is 3.30. The average molecular weight is 346 g/mol. The maximum absolute atomic E-state index is 12.4. The molecule has 0 saturated heterocycles. The maximum Gasteiger partial charge on any atom is 0.251 e. The number of nitrogens with one attached hydrogen (secondary N) is 2. The molecule has 2 atom stereocenters. The molecule has 6 heteroatoms. The van der Waals surface area contributed by atoms with Crippen LogP contribution in [0, 0.1) is 11.8 Å². The van der Waals surface area contributed by atoms with E-state index in [9.17, 15) is 9.59 Å². The summed E-state index contributed by atoms with van der Waals surface area (Å²) < 4.78 is 0. The third kappa shape index (κ3) is 5.83. The molecule has 1 aliphatic rings. The Morgan fingerprint density at radius 3 is 2.76 bits per heavy atom. The number of rotatable bonds is 8. The molecule has 0 aromatic heterocycles. The topological polar surface area (TPSA) is 87.5 Å². The minimum atomic E-state index is -0.0889. The Kier molecular flexibility index (Phi) is 7.40. The standard InChI is InChI=1S/C19H30N4O2/c1-23(2)10-9-21-18(24)15-6-3-5-14(11-15)13-22-19(25)17-8-4-7-16(17)12-20/h3,5-6,11,16-17H,4,7-10,12-13,20H2,1-2H3,(H,21,24)(H,22,25)/t16-,17-/m1/s1. The highest BCUT2D eigenvalue weighted by molar-refractivity contribution is 5.94. The molecular formula is C19H30N4O2. The summed E-state index contributed by atoms with van der Waals surface area (Å²) in [6.45, 7) is 2.41. The van der Waals surface area contributed by atoms with E-state index in [1.165, 1.54) is 0 Å². The number of hydrogen-bond donors (Lipinski definition) is 3. The second-order valence-electron chi connectivity index (χ2n) is 7.01. The van der Waals surface area contributed by atoms with E-state index in [1.54, 1.807) is 6.07 Å². The van der Waals surface area contributed by atoms with Gasteiger partial charge in [-0.1, -0.05) is 18.6 Å². The van der Waals surface area contributed by atoms with E-state index < -0.39 is 0 Å². The fraction of sp³-hybridized carbons (Fsp3) is 0.579. The van der Waals surface area contributed by atoms with Gasteiger partial charge in [0, 0.05) is 31.1 Å². The first-order valence-electron chi connectivity index (χ1n) is 9.01. The number of nitrogens with two attached hydrogens (primary N) is 1. The van der Waals surface area contributed by atoms with Crippen LogP contribution in [0.5, 0.6) is 0 Å². The van der Waals surface area contributed by atoms with Gasteiger partial charge in [-0.3, -0.25) is 9.59 Å². The van der Waals surface area contributed by atoms with E-state index >= 15 is 0 Å². The second kappa shape index (κ2) is 9.53. The van der Waals surface area contributed by atoms with Crippen molar-refractivity contribution in [2.24, 2.45) is 17.6 Å². The van der Waals surface area contributed by atoms with Crippen LogP contribution in [0.15, 0.2) is 24.3 Å². The van der Waals surface area contributed by atoms with Crippen LogP contribution in [0.1, 0.15) is 35.2 Å². The minimum Gasteiger partial charge on any atom is -0.352 e. The fourth-order valence-corrected chi connectivity index (χ4v) is 3.30. The largest absolute Gasteiger partial charge is 0.352 e. The number of benzene rings is 1. The van der Waals surface area contributed by atoms with Crippen molar-refractivity contribution < 1.29 is 9.59 Å². The molecule has 1 saturated carbocycles. The molecule has 4 N–H and O–H groups in total. The van der Waals surface area contributed by atoms with Gasteiger partial charge in [0.1, 0.15) is 0 Å². The molecule has 25 heavy (non-hydrogen) atoms. The highest BCUT2D eigenvalue weighted by Gasteiger charge is 2.31. The summed E-state index contributed by atoms with van der Waals surface area (Å²) in [7, 11) is 3.93. The van der Waals surface area contributed by atoms with E-state index in [-0.39, 0.29) is 17.7 Å². The van der Waals surface area contributed by atoms with Crippen molar-refractivity contribution in [1.29, 1.82) is 0 Å². The van der Waals surface area contributed by atoms with Gasteiger partial charge in [0.05, 0.1) is 0 Å². The van der Waals surface area contributed by atoms with Gasteiger partial charge in [-0.15, -0.1) is 0 Å². The van der Waals surface area contributed by atoms with E-state index in [4.69, 9.17) is 5.73 Å². The molecule has 138 valence electrons. The lowest BCUT2D eigenvalue weighted by atomic mass is 9.95. The Hall–Kier alpha value is -1.92. The molecule has 1 aromatic carbocycles. The molecule has 6 nitrogen and oxygen atoms in total. The molecule has 2 rings (SSSR count). The first-order chi connectivity index (χ1) is 12.0. The highest BCUT2D eigenvalue weighted by Crippen LogP contribution is 2.30. The number of nitrogens with zero attached hydrogens (tertiary/aromatic N) is 1. The molecule has 0 spiro atoms. The lowest BCUT2D eigenvalue weighted by Crippen LogP contribution is -2.34. The molecule has 1 aromatic rings. The zero-order valence-corrected chi connectivity index (χ0v) is 15.3. The maximum atomic E-state index is 12.4. The summed E-state index contributed by atoms with van der Waals surface area (Å²) in [5.41, 5.74) is 7.30. The summed E-state index contributed by atoms with van der Waals surface area (Å²) >= 11 is 0. The molecular weight excluding hydrogens is 316 g/mol. The van der Waals surface area contributed by atoms with Crippen LogP contribution in [-0.4, -0.2) is 50.4 Å². The van der Waals surface area contributed by atoms with E-state index in [1.807, 2.05) is 37.2 Å². The predicted octanol–water partition coefficient (Wildman–Crippen LogP) is 0.969. The van der Waals surface area contributed by atoms with Crippen molar-refractivity contribution in [1.82, 2.24) is 15.5 Å². The van der Waals surface area contributed by atoms with Crippen LogP contribution in [0.3, 0.4) is 0 Å². The Balaban J connectivity index is 1.86. The van der Waals surface area contributed by atoms with Crippen LogP contribution in [0.2, 0.25) is 0 Å². The third-order valence-corrected chi connectivity index (χ3v) is 4.80. The van der Waals surface area contributed by atoms with Gasteiger partial charge in [0.2, 0.25) is 5.91 Å². The van der Waals surface area contributed by atoms with Gasteiger partial charge in [-0.2, -0.15) is 0 Å². The van der Waals surface area contributed by atoms with Crippen molar-refractivity contribution in [3.63, 3.8) is 0 Å². The zero-order valence-electron chi connectivity index (χ0n) is 15.3. The Morgan fingerprint density at radius 1 is 1.24 bits per heavy atom. The number of likely N-dealkylation sites (N-methyl/N-ethyl adjacent to an activating group) is 1. The van der Waals surface area contributed by atoms with Crippen LogP contribution in [-0.2, 0) is 11.3 Å². The van der Waals surface area contributed by atoms with Gasteiger partial charge < -0.3 is 21.3 Å². The monoisotopic (exact) mass is 346 g/mol. The molecule has 0 aliphatic heterocycles. The van der Waals surface area contributed by atoms with Crippen LogP contribution in [0.25, 0.3) is 0 Å². The minimum absolute atomic E-state index is 0.0301. The van der Waals surface area contributed by atoms with Crippen molar-refractivity contribution >= 4 is 11.8 Å². The summed E-state index contributed by atoms with van der Waals surface area (Å²) in [5, 5.41) is 5.90. The van der Waals surface area contributed by atoms with Crippen LogP contribution < -0.4 is 16.4 Å². The smallest absolute Gasteiger partial charge is 0.251 e. The Bertz CT molecular complexity index is 589. The number of carbonyl (C=O) groups is 2. The molecule has 1 fully saturated rings. The number of carbonyl (C=O) groups excluding carboxylic acids is 2. The quantitative estimate of drug-likeness (QED) is 0.654. The summed E-state index contributed by atoms with van der Waals surface area (Å²) in [6.07, 6.45) is 3.03. The molecule has 2 amide bonds. The number of amides is 2. The Labute approximate surface area is 150 Å². The normalized spacial score (nSPS) is 19.8. The van der Waals surface area contributed by atoms with Gasteiger partial charge in [0.15, 0.2) is 0 Å². The Morgan fingerprint density at radius 2 is 2.04 bits per heavy atom. The third-order valence-electron chi connectivity index (χ3n) is 4.80. The molecule has 1 aliphatic carbocycles. The second-order valence-corrected chi connectivity index (χ2v) is 7.01. The van der Waals surface area contributed by atoms with Gasteiger partial charge in [-0.05, 0) is 57.1 Å². The summed E-state index contributed by atoms with van der Waals surface area (Å²) in [4.78, 5) is 26.6. The van der Waals surface area contributed by atoms with E-state index in [2.05, 4.69) is 10.6 Å². The predicted molar refractivity (Wildman–Crippen MR) is 99.1 cm³/mol. The van der Waals surface area contributed by atoms with Crippen molar-refractivity contribution in [3.8, 4) is 0 Å². The molecule has 0 bridgehead atoms. The van der Waals surface area contributed by atoms with Gasteiger partial charge in [0.25, 0.3) is 5.91 Å². The molecule has 0 heterocycles. The highest BCUT2D eigenvalue weighted by atomic mass is 16.2. The molecule has 0 radical (unpaired) electrons. The first-order valence-corrected chi connectivity index (χ1v) is 9.01. The van der Waals surface area contributed by atoms with Crippen LogP contribution >= 0.6 is 0 Å². The van der Waals surface area contributed by atoms with Crippen molar-refractivity contribution in [2.45, 2.75) is 25.8 Å². The first kappa shape index (κ1) is 19.4. The summed E-state index contributed by atoms with van der Waals surface area (Å²) in [5.74, 6) is 0.319. The van der Waals surface area contributed by atoms with Crippen LogP contribution in [0.4, 0.5) is 0 Å². The van der Waals surface area contributed by atoms with Gasteiger partial charge in [-0.25, -0.2) is 0 Å². The van der Waals surface area contributed by atoms with E-state index in [0.29, 0.717) is 31.1 Å². The lowest BCUT2D eigenvalue weighted by Gasteiger charge is -2.17. The SMILES string of the molecule is CN(C)CCNC(=O)c1cccc(CNC(=O)[C@@H]2CCC[C@@H]2CN)c1. The van der Waals surface area contributed by atoms with E-state index in [0.717, 1.165) is 31.4 Å². The van der Waals surface area contributed by atoms with Crippen molar-refractivity contribution in [3.05, 3.63) is 35.4 Å². The number of hydrogen-bond acceptors (Lipinski definition) is 4. The zero-order chi connectivity index (χ0) is 18.2. The van der Waals surface area contributed by atoms with Gasteiger partial charge >= 0.3 is 0 Å². The average Bonchev–Trinajstić information content (AvgIpc) is 3.08. The summed E-state index contributed by atoms with van der Waals surface area (Å²) in [6, 6.07) is 7.39.